The summed E-state index contributed by atoms with van der Waals surface area (Å²) in [5.41, 5.74) is 9.27. The number of benzene rings is 1. The Hall–Kier alpha value is -3.12. The van der Waals surface area contributed by atoms with Gasteiger partial charge in [0.05, 0.1) is 32.2 Å². The molecule has 0 spiro atoms. The van der Waals surface area contributed by atoms with Crippen LogP contribution in [-0.2, 0) is 9.53 Å². The summed E-state index contributed by atoms with van der Waals surface area (Å²) in [6.07, 6.45) is 1.01. The Morgan fingerprint density at radius 1 is 1.15 bits per heavy atom. The van der Waals surface area contributed by atoms with Gasteiger partial charge in [0.15, 0.2) is 0 Å². The van der Waals surface area contributed by atoms with Crippen molar-refractivity contribution in [2.75, 3.05) is 39.4 Å². The zero-order valence-corrected chi connectivity index (χ0v) is 15.0. The molecule has 1 aromatic carbocycles. The van der Waals surface area contributed by atoms with Gasteiger partial charge < -0.3 is 20.7 Å². The Balaban J connectivity index is 2.04. The largest absolute Gasteiger partial charge is 0.379 e. The van der Waals surface area contributed by atoms with E-state index in [0.29, 0.717) is 56.9 Å². The van der Waals surface area contributed by atoms with Gasteiger partial charge >= 0.3 is 0 Å². The minimum atomic E-state index is -0.211. The first kappa shape index (κ1) is 21.9. The summed E-state index contributed by atoms with van der Waals surface area (Å²) in [5, 5.41) is 20.2. The first-order valence-corrected chi connectivity index (χ1v) is 8.53. The predicted molar refractivity (Wildman–Crippen MR) is 99.1 cm³/mol. The molecule has 0 heterocycles. The van der Waals surface area contributed by atoms with Crippen LogP contribution in [0.3, 0.4) is 0 Å². The van der Waals surface area contributed by atoms with E-state index in [1.165, 1.54) is 0 Å². The summed E-state index contributed by atoms with van der Waals surface area (Å²) < 4.78 is 5.14. The second-order valence-corrected chi connectivity index (χ2v) is 5.39. The van der Waals surface area contributed by atoms with Crippen molar-refractivity contribution in [3.63, 3.8) is 0 Å². The van der Waals surface area contributed by atoms with Crippen molar-refractivity contribution in [3.05, 3.63) is 40.3 Å². The molecule has 0 aliphatic heterocycles. The smallest absolute Gasteiger partial charge is 0.251 e. The summed E-state index contributed by atoms with van der Waals surface area (Å²) in [7, 11) is 0. The minimum Gasteiger partial charge on any atom is -0.379 e. The molecule has 0 aliphatic carbocycles. The first-order chi connectivity index (χ1) is 13.2. The van der Waals surface area contributed by atoms with Crippen LogP contribution in [0.2, 0.25) is 0 Å². The number of azide groups is 1. The molecule has 0 fully saturated rings. The fourth-order valence-electron chi connectivity index (χ4n) is 2.00. The summed E-state index contributed by atoms with van der Waals surface area (Å²) in [6, 6.07) is 8.30. The Morgan fingerprint density at radius 2 is 1.93 bits per heavy atom. The molecule has 0 unspecified atom stereocenters. The van der Waals surface area contributed by atoms with Crippen molar-refractivity contribution >= 4 is 17.5 Å². The van der Waals surface area contributed by atoms with Crippen LogP contribution in [0.1, 0.15) is 23.2 Å². The van der Waals surface area contributed by atoms with Crippen LogP contribution in [0.5, 0.6) is 0 Å². The number of hydrogen-bond donors (Lipinski definition) is 3. The Bertz CT molecular complexity index is 679. The second-order valence-electron chi connectivity index (χ2n) is 5.39. The lowest BCUT2D eigenvalue weighted by Gasteiger charge is -2.08. The van der Waals surface area contributed by atoms with Gasteiger partial charge in [0, 0.05) is 29.3 Å². The summed E-state index contributed by atoms with van der Waals surface area (Å²) >= 11 is 0. The zero-order valence-electron chi connectivity index (χ0n) is 15.0. The van der Waals surface area contributed by atoms with Gasteiger partial charge in [-0.3, -0.25) is 9.59 Å². The number of amides is 2. The number of hydrogen-bond acceptors (Lipinski definition) is 6. The third-order valence-electron chi connectivity index (χ3n) is 3.32. The molecule has 0 radical (unpaired) electrons. The highest BCUT2D eigenvalue weighted by molar-refractivity contribution is 5.94. The van der Waals surface area contributed by atoms with Crippen LogP contribution in [0.25, 0.3) is 10.4 Å². The number of carbonyl (C=O) groups excluding carboxylic acids is 2. The highest BCUT2D eigenvalue weighted by Crippen LogP contribution is 2.12. The molecule has 3 N–H and O–H groups in total. The number of ether oxygens (including phenoxy) is 1. The molecule has 1 aromatic rings. The van der Waals surface area contributed by atoms with Crippen molar-refractivity contribution < 1.29 is 14.3 Å². The van der Waals surface area contributed by atoms with E-state index in [1.807, 2.05) is 6.07 Å². The van der Waals surface area contributed by atoms with Crippen LogP contribution >= 0.6 is 0 Å². The summed E-state index contributed by atoms with van der Waals surface area (Å²) in [4.78, 5) is 26.2. The number of carbonyl (C=O) groups is 2. The lowest BCUT2D eigenvalue weighted by Crippen LogP contribution is -2.36. The molecule has 0 atom stereocenters. The van der Waals surface area contributed by atoms with Crippen LogP contribution in [0.4, 0.5) is 5.69 Å². The van der Waals surface area contributed by atoms with E-state index in [0.717, 1.165) is 0 Å². The molecule has 10 heteroatoms. The van der Waals surface area contributed by atoms with E-state index in [4.69, 9.17) is 15.5 Å². The molecule has 1 rings (SSSR count). The SMILES string of the molecule is N#CCCOCCNC(=O)CNCCCNC(=O)c1ccc(N=[N+]=[N-])cc1. The van der Waals surface area contributed by atoms with Gasteiger partial charge in [0.1, 0.15) is 0 Å². The Morgan fingerprint density at radius 3 is 2.63 bits per heavy atom. The number of rotatable bonds is 13. The average molecular weight is 373 g/mol. The summed E-state index contributed by atoms with van der Waals surface area (Å²) in [6.45, 7) is 2.39. The Kier molecular flexibility index (Phi) is 11.4. The van der Waals surface area contributed by atoms with Crippen LogP contribution < -0.4 is 16.0 Å². The van der Waals surface area contributed by atoms with Crippen molar-refractivity contribution in [2.24, 2.45) is 5.11 Å². The lowest BCUT2D eigenvalue weighted by molar-refractivity contribution is -0.120. The number of nitrogens with one attached hydrogen (secondary N) is 3. The third kappa shape index (κ3) is 10.5. The molecule has 0 aromatic heterocycles. The maximum atomic E-state index is 11.9. The van der Waals surface area contributed by atoms with E-state index >= 15 is 0 Å². The van der Waals surface area contributed by atoms with Crippen molar-refractivity contribution in [1.29, 1.82) is 5.26 Å². The zero-order chi connectivity index (χ0) is 19.7. The van der Waals surface area contributed by atoms with Crippen molar-refractivity contribution in [3.8, 4) is 6.07 Å². The third-order valence-corrected chi connectivity index (χ3v) is 3.32. The minimum absolute atomic E-state index is 0.136. The van der Waals surface area contributed by atoms with E-state index in [-0.39, 0.29) is 18.4 Å². The topological polar surface area (TPSA) is 152 Å². The van der Waals surface area contributed by atoms with Crippen LogP contribution in [-0.4, -0.2) is 51.2 Å². The van der Waals surface area contributed by atoms with Crippen molar-refractivity contribution in [1.82, 2.24) is 16.0 Å². The normalized spacial score (nSPS) is 9.74. The fraction of sp³-hybridized carbons (Fsp3) is 0.471. The standard InChI is InChI=1S/C17H23N7O3/c18-7-1-11-27-12-10-21-16(25)13-20-8-2-9-22-17(26)14-3-5-15(6-4-14)23-24-19/h3-6,20H,1-2,8-13H2,(H,21,25)(H,22,26). The lowest BCUT2D eigenvalue weighted by atomic mass is 10.2. The monoisotopic (exact) mass is 373 g/mol. The van der Waals surface area contributed by atoms with Gasteiger partial charge in [-0.25, -0.2) is 0 Å². The Labute approximate surface area is 157 Å². The molecular formula is C17H23N7O3. The van der Waals surface area contributed by atoms with Gasteiger partial charge in [0.2, 0.25) is 5.91 Å². The quantitative estimate of drug-likeness (QED) is 0.206. The van der Waals surface area contributed by atoms with E-state index < -0.39 is 0 Å². The highest BCUT2D eigenvalue weighted by atomic mass is 16.5. The second kappa shape index (κ2) is 14.1. The predicted octanol–water partition coefficient (Wildman–Crippen LogP) is 1.38. The summed E-state index contributed by atoms with van der Waals surface area (Å²) in [5.74, 6) is -0.348. The van der Waals surface area contributed by atoms with Gasteiger partial charge in [-0.2, -0.15) is 5.26 Å². The highest BCUT2D eigenvalue weighted by Gasteiger charge is 2.04. The molecular weight excluding hydrogens is 350 g/mol. The molecule has 0 bridgehead atoms. The van der Waals surface area contributed by atoms with Crippen molar-refractivity contribution in [2.45, 2.75) is 12.8 Å². The van der Waals surface area contributed by atoms with Crippen LogP contribution in [0, 0.1) is 11.3 Å². The fourth-order valence-corrected chi connectivity index (χ4v) is 2.00. The van der Waals surface area contributed by atoms with Gasteiger partial charge in [0.25, 0.3) is 5.91 Å². The molecule has 144 valence electrons. The van der Waals surface area contributed by atoms with E-state index in [1.54, 1.807) is 24.3 Å². The molecule has 27 heavy (non-hydrogen) atoms. The molecule has 0 saturated carbocycles. The molecule has 0 aliphatic rings. The van der Waals surface area contributed by atoms with E-state index in [9.17, 15) is 9.59 Å². The van der Waals surface area contributed by atoms with Gasteiger partial charge in [-0.05, 0) is 30.6 Å². The van der Waals surface area contributed by atoms with Gasteiger partial charge in [-0.1, -0.05) is 17.2 Å². The maximum absolute atomic E-state index is 11.9. The molecule has 2 amide bonds. The maximum Gasteiger partial charge on any atom is 0.251 e. The van der Waals surface area contributed by atoms with Crippen LogP contribution in [0.15, 0.2) is 29.4 Å². The average Bonchev–Trinajstić information content (AvgIpc) is 2.68. The van der Waals surface area contributed by atoms with E-state index in [2.05, 4.69) is 26.0 Å². The first-order valence-electron chi connectivity index (χ1n) is 8.53. The van der Waals surface area contributed by atoms with Gasteiger partial charge in [-0.15, -0.1) is 0 Å². The number of nitriles is 1. The molecule has 10 nitrogen and oxygen atoms in total. The number of nitrogens with zero attached hydrogens (tertiary/aromatic N) is 4. The molecule has 0 saturated heterocycles.